The van der Waals surface area contributed by atoms with Crippen molar-refractivity contribution in [1.82, 2.24) is 10.5 Å². The van der Waals surface area contributed by atoms with Crippen LogP contribution >= 0.6 is 0 Å². The van der Waals surface area contributed by atoms with Crippen LogP contribution in [0.3, 0.4) is 0 Å². The van der Waals surface area contributed by atoms with Gasteiger partial charge in [0, 0.05) is 18.2 Å². The van der Waals surface area contributed by atoms with E-state index in [-0.39, 0.29) is 18.1 Å². The molecule has 0 spiro atoms. The molecule has 1 aliphatic carbocycles. The van der Waals surface area contributed by atoms with E-state index in [9.17, 15) is 9.90 Å². The van der Waals surface area contributed by atoms with Crippen LogP contribution in [0.25, 0.3) is 11.3 Å². The van der Waals surface area contributed by atoms with E-state index in [1.54, 1.807) is 6.07 Å². The molecule has 0 unspecified atom stereocenters. The summed E-state index contributed by atoms with van der Waals surface area (Å²) < 4.78 is 5.20. The van der Waals surface area contributed by atoms with Crippen molar-refractivity contribution in [3.8, 4) is 11.3 Å². The van der Waals surface area contributed by atoms with Crippen molar-refractivity contribution >= 4 is 5.91 Å². The Labute approximate surface area is 123 Å². The van der Waals surface area contributed by atoms with E-state index in [2.05, 4.69) is 10.5 Å². The molecule has 2 aromatic rings. The zero-order valence-electron chi connectivity index (χ0n) is 11.7. The molecule has 21 heavy (non-hydrogen) atoms. The maximum atomic E-state index is 12.0. The lowest BCUT2D eigenvalue weighted by Gasteiger charge is -2.21. The Kier molecular flexibility index (Phi) is 3.75. The van der Waals surface area contributed by atoms with Crippen molar-refractivity contribution in [1.29, 1.82) is 0 Å². The zero-order valence-corrected chi connectivity index (χ0v) is 11.7. The topological polar surface area (TPSA) is 75.4 Å². The van der Waals surface area contributed by atoms with Crippen LogP contribution in [0.4, 0.5) is 0 Å². The normalized spacial score (nSPS) is 16.8. The first-order valence-corrected chi connectivity index (χ1v) is 7.19. The van der Waals surface area contributed by atoms with Crippen LogP contribution in [0.5, 0.6) is 0 Å². The lowest BCUT2D eigenvalue weighted by Crippen LogP contribution is -2.40. The number of amides is 1. The van der Waals surface area contributed by atoms with Crippen molar-refractivity contribution in [2.24, 2.45) is 0 Å². The molecule has 1 fully saturated rings. The molecule has 0 aliphatic heterocycles. The van der Waals surface area contributed by atoms with Gasteiger partial charge in [-0.25, -0.2) is 0 Å². The molecule has 1 aliphatic rings. The van der Waals surface area contributed by atoms with Gasteiger partial charge in [-0.1, -0.05) is 48.3 Å². The number of carbonyl (C=O) groups is 1. The third-order valence-electron chi connectivity index (χ3n) is 3.91. The summed E-state index contributed by atoms with van der Waals surface area (Å²) in [6.45, 7) is 0.263. The summed E-state index contributed by atoms with van der Waals surface area (Å²) in [5.41, 5.74) is 0.343. The Bertz CT molecular complexity index is 615. The van der Waals surface area contributed by atoms with E-state index in [0.29, 0.717) is 5.76 Å². The van der Waals surface area contributed by atoms with Gasteiger partial charge in [-0.3, -0.25) is 4.79 Å². The Morgan fingerprint density at radius 2 is 2.00 bits per heavy atom. The van der Waals surface area contributed by atoms with Gasteiger partial charge < -0.3 is 14.9 Å². The van der Waals surface area contributed by atoms with Crippen LogP contribution in [0, 0.1) is 0 Å². The molecular formula is C16H18N2O3. The Morgan fingerprint density at radius 1 is 1.29 bits per heavy atom. The highest BCUT2D eigenvalue weighted by Gasteiger charge is 2.31. The Morgan fingerprint density at radius 3 is 2.71 bits per heavy atom. The predicted molar refractivity (Wildman–Crippen MR) is 77.7 cm³/mol. The molecule has 1 amide bonds. The summed E-state index contributed by atoms with van der Waals surface area (Å²) in [6.07, 6.45) is 3.49. The average molecular weight is 286 g/mol. The molecule has 110 valence electrons. The second-order valence-corrected chi connectivity index (χ2v) is 5.56. The van der Waals surface area contributed by atoms with Gasteiger partial charge in [0.15, 0.2) is 11.5 Å². The van der Waals surface area contributed by atoms with Crippen molar-refractivity contribution in [2.75, 3.05) is 6.54 Å². The zero-order chi connectivity index (χ0) is 14.7. The minimum Gasteiger partial charge on any atom is -0.388 e. The summed E-state index contributed by atoms with van der Waals surface area (Å²) in [4.78, 5) is 12.0. The lowest BCUT2D eigenvalue weighted by molar-refractivity contribution is 0.0448. The number of benzene rings is 1. The van der Waals surface area contributed by atoms with E-state index >= 15 is 0 Å². The molecule has 3 rings (SSSR count). The quantitative estimate of drug-likeness (QED) is 0.904. The fourth-order valence-corrected chi connectivity index (χ4v) is 2.67. The number of hydrogen-bond donors (Lipinski definition) is 2. The van der Waals surface area contributed by atoms with Crippen molar-refractivity contribution in [3.63, 3.8) is 0 Å². The van der Waals surface area contributed by atoms with Crippen molar-refractivity contribution in [3.05, 3.63) is 42.1 Å². The predicted octanol–water partition coefficient (Wildman–Crippen LogP) is 2.38. The molecule has 1 aromatic heterocycles. The molecular weight excluding hydrogens is 268 g/mol. The molecule has 1 saturated carbocycles. The molecule has 0 atom stereocenters. The van der Waals surface area contributed by atoms with Gasteiger partial charge in [-0.05, 0) is 12.8 Å². The summed E-state index contributed by atoms with van der Waals surface area (Å²) in [7, 11) is 0. The Hall–Kier alpha value is -2.14. The number of carbonyl (C=O) groups excluding carboxylic acids is 1. The maximum absolute atomic E-state index is 12.0. The lowest BCUT2D eigenvalue weighted by atomic mass is 10.0. The number of hydrogen-bond acceptors (Lipinski definition) is 4. The standard InChI is InChI=1S/C16H18N2O3/c19-15(17-11-16(20)8-4-5-9-16)13-10-14(21-18-13)12-6-2-1-3-7-12/h1-3,6-7,10,20H,4-5,8-9,11H2,(H,17,19). The largest absolute Gasteiger partial charge is 0.388 e. The highest BCUT2D eigenvalue weighted by Crippen LogP contribution is 2.28. The first-order chi connectivity index (χ1) is 10.2. The van der Waals surface area contributed by atoms with Crippen LogP contribution in [0.1, 0.15) is 36.2 Å². The van der Waals surface area contributed by atoms with E-state index in [4.69, 9.17) is 4.52 Å². The van der Waals surface area contributed by atoms with Crippen molar-refractivity contribution in [2.45, 2.75) is 31.3 Å². The fourth-order valence-electron chi connectivity index (χ4n) is 2.67. The first-order valence-electron chi connectivity index (χ1n) is 7.19. The molecule has 0 bridgehead atoms. The van der Waals surface area contributed by atoms with E-state index < -0.39 is 5.60 Å². The highest BCUT2D eigenvalue weighted by molar-refractivity contribution is 5.93. The molecule has 1 heterocycles. The molecule has 5 heteroatoms. The average Bonchev–Trinajstić information content (AvgIpc) is 3.16. The fraction of sp³-hybridized carbons (Fsp3) is 0.375. The van der Waals surface area contributed by atoms with E-state index in [1.807, 2.05) is 30.3 Å². The molecule has 1 aromatic carbocycles. The number of aromatic nitrogens is 1. The van der Waals surface area contributed by atoms with E-state index in [1.165, 1.54) is 0 Å². The summed E-state index contributed by atoms with van der Waals surface area (Å²) in [6, 6.07) is 11.1. The van der Waals surface area contributed by atoms with Gasteiger partial charge in [0.2, 0.25) is 0 Å². The minimum absolute atomic E-state index is 0.232. The van der Waals surface area contributed by atoms with Gasteiger partial charge in [-0.2, -0.15) is 0 Å². The number of nitrogens with zero attached hydrogens (tertiary/aromatic N) is 1. The SMILES string of the molecule is O=C(NCC1(O)CCCC1)c1cc(-c2ccccc2)on1. The molecule has 5 nitrogen and oxygen atoms in total. The summed E-state index contributed by atoms with van der Waals surface area (Å²) in [5.74, 6) is 0.238. The van der Waals surface area contributed by atoms with Crippen LogP contribution in [0.15, 0.2) is 40.9 Å². The van der Waals surface area contributed by atoms with Gasteiger partial charge in [0.05, 0.1) is 5.60 Å². The smallest absolute Gasteiger partial charge is 0.273 e. The van der Waals surface area contributed by atoms with E-state index in [0.717, 1.165) is 31.2 Å². The number of aliphatic hydroxyl groups is 1. The third kappa shape index (κ3) is 3.13. The van der Waals surface area contributed by atoms with Crippen LogP contribution in [0.2, 0.25) is 0 Å². The highest BCUT2D eigenvalue weighted by atomic mass is 16.5. The second kappa shape index (κ2) is 5.69. The monoisotopic (exact) mass is 286 g/mol. The molecule has 2 N–H and O–H groups in total. The Balaban J connectivity index is 1.64. The van der Waals surface area contributed by atoms with Gasteiger partial charge in [0.1, 0.15) is 0 Å². The van der Waals surface area contributed by atoms with Gasteiger partial charge >= 0.3 is 0 Å². The van der Waals surface area contributed by atoms with Gasteiger partial charge in [0.25, 0.3) is 5.91 Å². The molecule has 0 radical (unpaired) electrons. The number of nitrogens with one attached hydrogen (secondary N) is 1. The minimum atomic E-state index is -0.762. The first kappa shape index (κ1) is 13.8. The van der Waals surface area contributed by atoms with Crippen LogP contribution in [-0.2, 0) is 0 Å². The second-order valence-electron chi connectivity index (χ2n) is 5.56. The summed E-state index contributed by atoms with van der Waals surface area (Å²) >= 11 is 0. The third-order valence-corrected chi connectivity index (χ3v) is 3.91. The summed E-state index contributed by atoms with van der Waals surface area (Å²) in [5, 5.41) is 16.7. The van der Waals surface area contributed by atoms with Crippen LogP contribution in [-0.4, -0.2) is 28.3 Å². The van der Waals surface area contributed by atoms with Crippen LogP contribution < -0.4 is 5.32 Å². The molecule has 0 saturated heterocycles. The van der Waals surface area contributed by atoms with Gasteiger partial charge in [-0.15, -0.1) is 0 Å². The number of rotatable bonds is 4. The van der Waals surface area contributed by atoms with Crippen molar-refractivity contribution < 1.29 is 14.4 Å². The maximum Gasteiger partial charge on any atom is 0.273 e.